The first kappa shape index (κ1) is 16.0. The number of hydrogen-bond donors (Lipinski definition) is 2. The summed E-state index contributed by atoms with van der Waals surface area (Å²) in [5.41, 5.74) is 0.223. The van der Waals surface area contributed by atoms with E-state index >= 15 is 0 Å². The lowest BCUT2D eigenvalue weighted by Gasteiger charge is -2.37. The van der Waals surface area contributed by atoms with Crippen LogP contribution >= 0.6 is 11.6 Å². The maximum Gasteiger partial charge on any atom is 0.274 e. The van der Waals surface area contributed by atoms with Crippen LogP contribution in [0.3, 0.4) is 0 Å². The highest BCUT2D eigenvalue weighted by atomic mass is 35.5. The number of carbonyl (C=O) groups is 1. The molecule has 2 N–H and O–H groups in total. The topological polar surface area (TPSA) is 74.7 Å². The molecule has 0 radical (unpaired) electrons. The minimum atomic E-state index is -0.360. The molecule has 0 spiro atoms. The molecular formula is C14H20ClN3O3. The fourth-order valence-electron chi connectivity index (χ4n) is 2.22. The Morgan fingerprint density at radius 2 is 2.38 bits per heavy atom. The fraction of sp³-hybridized carbons (Fsp3) is 0.571. The van der Waals surface area contributed by atoms with Gasteiger partial charge in [-0.1, -0.05) is 11.6 Å². The van der Waals surface area contributed by atoms with E-state index in [9.17, 15) is 9.90 Å². The third-order valence-corrected chi connectivity index (χ3v) is 3.68. The normalized spacial score (nSPS) is 22.2. The van der Waals surface area contributed by atoms with Crippen molar-refractivity contribution >= 4 is 23.3 Å². The van der Waals surface area contributed by atoms with Gasteiger partial charge in [0.05, 0.1) is 30.4 Å². The largest absolute Gasteiger partial charge is 0.394 e. The molecule has 116 valence electrons. The Labute approximate surface area is 129 Å². The number of aliphatic hydroxyl groups is 1. The van der Waals surface area contributed by atoms with Gasteiger partial charge in [-0.15, -0.1) is 0 Å². The van der Waals surface area contributed by atoms with Crippen LogP contribution in [0.1, 0.15) is 24.3 Å². The second-order valence-corrected chi connectivity index (χ2v) is 5.41. The van der Waals surface area contributed by atoms with E-state index in [-0.39, 0.29) is 30.4 Å². The van der Waals surface area contributed by atoms with E-state index in [0.717, 1.165) is 0 Å². The van der Waals surface area contributed by atoms with Crippen molar-refractivity contribution in [3.05, 3.63) is 22.8 Å². The molecule has 6 nitrogen and oxygen atoms in total. The molecule has 21 heavy (non-hydrogen) atoms. The number of halogens is 1. The highest BCUT2D eigenvalue weighted by Crippen LogP contribution is 2.21. The second kappa shape index (κ2) is 7.06. The van der Waals surface area contributed by atoms with Gasteiger partial charge in [-0.05, 0) is 26.0 Å². The highest BCUT2D eigenvalue weighted by molar-refractivity contribution is 6.33. The van der Waals surface area contributed by atoms with E-state index in [4.69, 9.17) is 16.3 Å². The van der Waals surface area contributed by atoms with Crippen molar-refractivity contribution in [3.63, 3.8) is 0 Å². The van der Waals surface area contributed by atoms with Crippen LogP contribution < -0.4 is 5.32 Å². The van der Waals surface area contributed by atoms with Gasteiger partial charge in [-0.25, -0.2) is 4.98 Å². The fourth-order valence-corrected chi connectivity index (χ4v) is 2.40. The molecule has 2 atom stereocenters. The van der Waals surface area contributed by atoms with E-state index in [1.165, 1.54) is 0 Å². The van der Waals surface area contributed by atoms with Gasteiger partial charge in [0, 0.05) is 13.1 Å². The van der Waals surface area contributed by atoms with Crippen molar-refractivity contribution in [1.29, 1.82) is 0 Å². The first-order chi connectivity index (χ1) is 10.1. The molecule has 1 aliphatic rings. The summed E-state index contributed by atoms with van der Waals surface area (Å²) in [5.74, 6) is 0.374. The average Bonchev–Trinajstić information content (AvgIpc) is 2.49. The molecule has 1 fully saturated rings. The van der Waals surface area contributed by atoms with Crippen LogP contribution in [0.25, 0.3) is 0 Å². The van der Waals surface area contributed by atoms with Gasteiger partial charge in [-0.3, -0.25) is 4.79 Å². The van der Waals surface area contributed by atoms with Crippen molar-refractivity contribution in [1.82, 2.24) is 9.88 Å². The summed E-state index contributed by atoms with van der Waals surface area (Å²) in [7, 11) is 0. The summed E-state index contributed by atoms with van der Waals surface area (Å²) in [6, 6.07) is 3.32. The van der Waals surface area contributed by atoms with Gasteiger partial charge in [0.1, 0.15) is 11.5 Å². The number of rotatable bonds is 4. The van der Waals surface area contributed by atoms with Gasteiger partial charge in [0.2, 0.25) is 0 Å². The number of aliphatic hydroxyl groups excluding tert-OH is 1. The zero-order valence-corrected chi connectivity index (χ0v) is 12.9. The van der Waals surface area contributed by atoms with Crippen LogP contribution in [-0.2, 0) is 4.74 Å². The number of hydrogen-bond acceptors (Lipinski definition) is 5. The number of amides is 1. The van der Waals surface area contributed by atoms with Crippen LogP contribution in [-0.4, -0.2) is 59.3 Å². The first-order valence-corrected chi connectivity index (χ1v) is 7.38. The van der Waals surface area contributed by atoms with Crippen molar-refractivity contribution in [2.75, 3.05) is 31.6 Å². The van der Waals surface area contributed by atoms with Gasteiger partial charge in [0.25, 0.3) is 5.91 Å². The Morgan fingerprint density at radius 3 is 3.05 bits per heavy atom. The zero-order chi connectivity index (χ0) is 15.4. The number of anilines is 1. The van der Waals surface area contributed by atoms with Crippen molar-refractivity contribution < 1.29 is 14.6 Å². The Morgan fingerprint density at radius 1 is 1.62 bits per heavy atom. The summed E-state index contributed by atoms with van der Waals surface area (Å²) in [6.07, 6.45) is -0.360. The maximum atomic E-state index is 12.7. The SMILES string of the molecule is CCNc1ccc(Cl)c(C(=O)N2CC(CO)OCC2C)n1. The van der Waals surface area contributed by atoms with Crippen LogP contribution in [0.2, 0.25) is 5.02 Å². The molecule has 0 bridgehead atoms. The molecule has 1 aromatic rings. The second-order valence-electron chi connectivity index (χ2n) is 5.00. The Kier molecular flexibility index (Phi) is 5.39. The van der Waals surface area contributed by atoms with E-state index < -0.39 is 0 Å². The first-order valence-electron chi connectivity index (χ1n) is 7.00. The molecule has 0 saturated carbocycles. The van der Waals surface area contributed by atoms with Gasteiger partial charge < -0.3 is 20.1 Å². The van der Waals surface area contributed by atoms with E-state index in [1.807, 2.05) is 13.8 Å². The van der Waals surface area contributed by atoms with Crippen molar-refractivity contribution in [3.8, 4) is 0 Å². The minimum absolute atomic E-state index is 0.0824. The monoisotopic (exact) mass is 313 g/mol. The van der Waals surface area contributed by atoms with Crippen LogP contribution in [0.4, 0.5) is 5.82 Å². The lowest BCUT2D eigenvalue weighted by molar-refractivity contribution is -0.0668. The number of carbonyl (C=O) groups excluding carboxylic acids is 1. The van der Waals surface area contributed by atoms with Crippen molar-refractivity contribution in [2.45, 2.75) is 26.0 Å². The molecule has 1 aromatic heterocycles. The standard InChI is InChI=1S/C14H20ClN3O3/c1-3-16-12-5-4-11(15)13(17-12)14(20)18-6-10(7-19)21-8-9(18)2/h4-5,9-10,19H,3,6-8H2,1-2H3,(H,16,17). The number of nitrogens with zero attached hydrogens (tertiary/aromatic N) is 2. The Bertz CT molecular complexity index is 512. The van der Waals surface area contributed by atoms with Gasteiger partial charge in [-0.2, -0.15) is 0 Å². The predicted octanol–water partition coefficient (Wildman–Crippen LogP) is 1.39. The average molecular weight is 314 g/mol. The van der Waals surface area contributed by atoms with Crippen LogP contribution in [0, 0.1) is 0 Å². The van der Waals surface area contributed by atoms with Crippen molar-refractivity contribution in [2.24, 2.45) is 0 Å². The minimum Gasteiger partial charge on any atom is -0.394 e. The summed E-state index contributed by atoms with van der Waals surface area (Å²) in [5, 5.41) is 12.6. The van der Waals surface area contributed by atoms with E-state index in [0.29, 0.717) is 30.5 Å². The van der Waals surface area contributed by atoms with E-state index in [1.54, 1.807) is 17.0 Å². The molecule has 7 heteroatoms. The molecule has 2 heterocycles. The highest BCUT2D eigenvalue weighted by Gasteiger charge is 2.31. The summed E-state index contributed by atoms with van der Waals surface area (Å²) >= 11 is 6.11. The third kappa shape index (κ3) is 3.64. The molecule has 1 saturated heterocycles. The molecule has 1 aliphatic heterocycles. The van der Waals surface area contributed by atoms with Crippen LogP contribution in [0.5, 0.6) is 0 Å². The molecular weight excluding hydrogens is 294 g/mol. The molecule has 1 amide bonds. The number of ether oxygens (including phenoxy) is 1. The van der Waals surface area contributed by atoms with Gasteiger partial charge >= 0.3 is 0 Å². The summed E-state index contributed by atoms with van der Waals surface area (Å²) in [4.78, 5) is 18.6. The summed E-state index contributed by atoms with van der Waals surface area (Å²) in [6.45, 7) is 5.17. The predicted molar refractivity (Wildman–Crippen MR) is 80.7 cm³/mol. The molecule has 0 aliphatic carbocycles. The van der Waals surface area contributed by atoms with E-state index in [2.05, 4.69) is 10.3 Å². The number of nitrogens with one attached hydrogen (secondary N) is 1. The maximum absolute atomic E-state index is 12.7. The lowest BCUT2D eigenvalue weighted by Crippen LogP contribution is -2.52. The molecule has 2 unspecified atom stereocenters. The third-order valence-electron chi connectivity index (χ3n) is 3.38. The number of pyridine rings is 1. The van der Waals surface area contributed by atoms with Gasteiger partial charge in [0.15, 0.2) is 0 Å². The zero-order valence-electron chi connectivity index (χ0n) is 12.2. The Balaban J connectivity index is 2.23. The lowest BCUT2D eigenvalue weighted by atomic mass is 10.1. The number of morpholine rings is 1. The Hall–Kier alpha value is -1.37. The quantitative estimate of drug-likeness (QED) is 0.878. The number of aromatic nitrogens is 1. The smallest absolute Gasteiger partial charge is 0.274 e. The molecule has 0 aromatic carbocycles. The summed E-state index contributed by atoms with van der Waals surface area (Å²) < 4.78 is 5.44. The molecule has 2 rings (SSSR count). The van der Waals surface area contributed by atoms with Crippen LogP contribution in [0.15, 0.2) is 12.1 Å².